The van der Waals surface area contributed by atoms with Gasteiger partial charge in [0.15, 0.2) is 5.13 Å². The summed E-state index contributed by atoms with van der Waals surface area (Å²) in [5, 5.41) is 1.02. The number of thiazole rings is 1. The molecule has 2 heterocycles. The lowest BCUT2D eigenvalue weighted by molar-refractivity contribution is 0.0322. The summed E-state index contributed by atoms with van der Waals surface area (Å²) in [7, 11) is 4.02. The Morgan fingerprint density at radius 2 is 2.14 bits per heavy atom. The van der Waals surface area contributed by atoms with Crippen LogP contribution in [-0.4, -0.2) is 63.4 Å². The smallest absolute Gasteiger partial charge is 0.185 e. The first-order valence-electron chi connectivity index (χ1n) is 7.23. The minimum Gasteiger partial charge on any atom is -0.492 e. The van der Waals surface area contributed by atoms with Crippen LogP contribution < -0.4 is 9.64 Å². The van der Waals surface area contributed by atoms with Gasteiger partial charge >= 0.3 is 0 Å². The molecule has 1 aromatic heterocycles. The van der Waals surface area contributed by atoms with E-state index in [2.05, 4.69) is 16.0 Å². The van der Waals surface area contributed by atoms with Crippen molar-refractivity contribution in [1.82, 2.24) is 9.88 Å². The highest BCUT2D eigenvalue weighted by Gasteiger charge is 2.10. The molecule has 0 saturated carbocycles. The van der Waals surface area contributed by atoms with Crippen LogP contribution in [0.2, 0.25) is 0 Å². The summed E-state index contributed by atoms with van der Waals surface area (Å²) >= 11 is 1.69. The fourth-order valence-electron chi connectivity index (χ4n) is 2.29. The molecule has 5 nitrogen and oxygen atoms in total. The molecule has 114 valence electrons. The van der Waals surface area contributed by atoms with Gasteiger partial charge < -0.3 is 14.4 Å². The summed E-state index contributed by atoms with van der Waals surface area (Å²) in [6.45, 7) is 5.34. The number of morpholine rings is 1. The summed E-state index contributed by atoms with van der Waals surface area (Å²) in [6.07, 6.45) is 0. The molecule has 21 heavy (non-hydrogen) atoms. The average Bonchev–Trinajstić information content (AvgIpc) is 2.92. The van der Waals surface area contributed by atoms with E-state index in [0.717, 1.165) is 49.2 Å². The number of ether oxygens (including phenoxy) is 2. The Morgan fingerprint density at radius 3 is 2.90 bits per heavy atom. The SMILES string of the molecule is CN(C)c1nc2ccc(OCCN3CCOCC3)cc2s1. The van der Waals surface area contributed by atoms with Crippen molar-refractivity contribution in [2.75, 3.05) is 58.5 Å². The molecular formula is C15H21N3O2S. The van der Waals surface area contributed by atoms with Gasteiger partial charge in [-0.15, -0.1) is 0 Å². The summed E-state index contributed by atoms with van der Waals surface area (Å²) in [5.74, 6) is 0.921. The zero-order valence-corrected chi connectivity index (χ0v) is 13.4. The van der Waals surface area contributed by atoms with Crippen molar-refractivity contribution in [2.45, 2.75) is 0 Å². The molecule has 6 heteroatoms. The molecule has 0 unspecified atom stereocenters. The van der Waals surface area contributed by atoms with Gasteiger partial charge in [-0.1, -0.05) is 11.3 Å². The Kier molecular flexibility index (Phi) is 4.57. The summed E-state index contributed by atoms with van der Waals surface area (Å²) < 4.78 is 12.4. The molecular weight excluding hydrogens is 286 g/mol. The molecule has 0 N–H and O–H groups in total. The number of rotatable bonds is 5. The molecule has 2 aromatic rings. The molecule has 0 aliphatic carbocycles. The van der Waals surface area contributed by atoms with Crippen LogP contribution in [0, 0.1) is 0 Å². The average molecular weight is 307 g/mol. The van der Waals surface area contributed by atoms with Gasteiger partial charge in [0.25, 0.3) is 0 Å². The van der Waals surface area contributed by atoms with E-state index in [9.17, 15) is 0 Å². The second-order valence-electron chi connectivity index (χ2n) is 5.32. The number of hydrogen-bond acceptors (Lipinski definition) is 6. The van der Waals surface area contributed by atoms with Crippen LogP contribution in [0.15, 0.2) is 18.2 Å². The second-order valence-corrected chi connectivity index (χ2v) is 6.33. The van der Waals surface area contributed by atoms with Crippen LogP contribution >= 0.6 is 11.3 Å². The Morgan fingerprint density at radius 1 is 1.33 bits per heavy atom. The van der Waals surface area contributed by atoms with Crippen molar-refractivity contribution >= 4 is 26.7 Å². The molecule has 1 fully saturated rings. The van der Waals surface area contributed by atoms with Crippen LogP contribution in [0.1, 0.15) is 0 Å². The number of benzene rings is 1. The van der Waals surface area contributed by atoms with Crippen molar-refractivity contribution in [3.8, 4) is 5.75 Å². The Balaban J connectivity index is 1.58. The molecule has 0 radical (unpaired) electrons. The van der Waals surface area contributed by atoms with Crippen LogP contribution in [0.5, 0.6) is 5.75 Å². The van der Waals surface area contributed by atoms with E-state index >= 15 is 0 Å². The van der Waals surface area contributed by atoms with Gasteiger partial charge in [-0.25, -0.2) is 4.98 Å². The zero-order valence-electron chi connectivity index (χ0n) is 12.5. The monoisotopic (exact) mass is 307 g/mol. The van der Waals surface area contributed by atoms with Crippen molar-refractivity contribution in [3.63, 3.8) is 0 Å². The van der Waals surface area contributed by atoms with E-state index in [1.54, 1.807) is 11.3 Å². The topological polar surface area (TPSA) is 37.8 Å². The van der Waals surface area contributed by atoms with Crippen molar-refractivity contribution < 1.29 is 9.47 Å². The van der Waals surface area contributed by atoms with Gasteiger partial charge in [-0.2, -0.15) is 0 Å². The van der Waals surface area contributed by atoms with E-state index in [-0.39, 0.29) is 0 Å². The van der Waals surface area contributed by atoms with Gasteiger partial charge in [0.05, 0.1) is 23.4 Å². The van der Waals surface area contributed by atoms with Gasteiger partial charge in [0.2, 0.25) is 0 Å². The molecule has 1 aliphatic rings. The Hall–Kier alpha value is -1.37. The summed E-state index contributed by atoms with van der Waals surface area (Å²) in [6, 6.07) is 6.11. The second kappa shape index (κ2) is 6.60. The summed E-state index contributed by atoms with van der Waals surface area (Å²) in [5.41, 5.74) is 1.03. The normalized spacial score (nSPS) is 16.3. The lowest BCUT2D eigenvalue weighted by atomic mass is 10.3. The van der Waals surface area contributed by atoms with Crippen LogP contribution in [-0.2, 0) is 4.74 Å². The highest BCUT2D eigenvalue weighted by Crippen LogP contribution is 2.30. The predicted octanol–water partition coefficient (Wildman–Crippen LogP) is 2.07. The lowest BCUT2D eigenvalue weighted by Crippen LogP contribution is -2.38. The van der Waals surface area contributed by atoms with E-state index in [4.69, 9.17) is 9.47 Å². The number of fused-ring (bicyclic) bond motifs is 1. The van der Waals surface area contributed by atoms with Gasteiger partial charge in [-0.05, 0) is 18.2 Å². The van der Waals surface area contributed by atoms with Crippen LogP contribution in [0.3, 0.4) is 0 Å². The van der Waals surface area contributed by atoms with Gasteiger partial charge in [0.1, 0.15) is 12.4 Å². The third kappa shape index (κ3) is 3.64. The van der Waals surface area contributed by atoms with Crippen molar-refractivity contribution in [2.24, 2.45) is 0 Å². The summed E-state index contributed by atoms with van der Waals surface area (Å²) in [4.78, 5) is 8.98. The van der Waals surface area contributed by atoms with Crippen molar-refractivity contribution in [1.29, 1.82) is 0 Å². The third-order valence-corrected chi connectivity index (χ3v) is 4.70. The predicted molar refractivity (Wildman–Crippen MR) is 86.7 cm³/mol. The third-order valence-electron chi connectivity index (χ3n) is 3.51. The molecule has 1 aromatic carbocycles. The minimum atomic E-state index is 0.713. The maximum atomic E-state index is 5.87. The van der Waals surface area contributed by atoms with Crippen molar-refractivity contribution in [3.05, 3.63) is 18.2 Å². The van der Waals surface area contributed by atoms with Crippen LogP contribution in [0.25, 0.3) is 10.2 Å². The quantitative estimate of drug-likeness (QED) is 0.845. The molecule has 0 atom stereocenters. The number of nitrogens with zero attached hydrogens (tertiary/aromatic N) is 3. The first-order chi connectivity index (χ1) is 10.2. The molecule has 0 amide bonds. The maximum Gasteiger partial charge on any atom is 0.185 e. The highest BCUT2D eigenvalue weighted by molar-refractivity contribution is 7.22. The Bertz CT molecular complexity index is 594. The number of aromatic nitrogens is 1. The fourth-order valence-corrected chi connectivity index (χ4v) is 3.21. The molecule has 1 saturated heterocycles. The largest absolute Gasteiger partial charge is 0.492 e. The standard InChI is InChI=1S/C15H21N3O2S/c1-17(2)15-16-13-4-3-12(11-14(13)21-15)20-10-7-18-5-8-19-9-6-18/h3-4,11H,5-10H2,1-2H3. The highest BCUT2D eigenvalue weighted by atomic mass is 32.1. The zero-order chi connectivity index (χ0) is 14.7. The first-order valence-corrected chi connectivity index (χ1v) is 8.05. The molecule has 0 bridgehead atoms. The maximum absolute atomic E-state index is 5.87. The molecule has 0 spiro atoms. The lowest BCUT2D eigenvalue weighted by Gasteiger charge is -2.26. The van der Waals surface area contributed by atoms with Gasteiger partial charge in [0, 0.05) is 33.7 Å². The molecule has 1 aliphatic heterocycles. The number of anilines is 1. The van der Waals surface area contributed by atoms with Crippen LogP contribution in [0.4, 0.5) is 5.13 Å². The number of hydrogen-bond donors (Lipinski definition) is 0. The van der Waals surface area contributed by atoms with Gasteiger partial charge in [-0.3, -0.25) is 4.90 Å². The van der Waals surface area contributed by atoms with E-state index in [0.29, 0.717) is 6.61 Å². The Labute approximate surface area is 129 Å². The van der Waals surface area contributed by atoms with E-state index < -0.39 is 0 Å². The van der Waals surface area contributed by atoms with E-state index in [1.807, 2.05) is 31.1 Å². The fraction of sp³-hybridized carbons (Fsp3) is 0.533. The minimum absolute atomic E-state index is 0.713. The van der Waals surface area contributed by atoms with E-state index in [1.165, 1.54) is 4.70 Å². The molecule has 3 rings (SSSR count). The first kappa shape index (κ1) is 14.6.